The maximum atomic E-state index is 9.13. The van der Waals surface area contributed by atoms with E-state index in [0.717, 1.165) is 6.54 Å². The van der Waals surface area contributed by atoms with Crippen LogP contribution in [0, 0.1) is 0 Å². The first-order valence-electron chi connectivity index (χ1n) is 6.90. The van der Waals surface area contributed by atoms with Crippen molar-refractivity contribution in [3.63, 3.8) is 0 Å². The number of likely N-dealkylation sites (N-methyl/N-ethyl adjacent to an activating group) is 1. The van der Waals surface area contributed by atoms with Crippen molar-refractivity contribution in [2.24, 2.45) is 0 Å². The summed E-state index contributed by atoms with van der Waals surface area (Å²) in [4.78, 5) is 3.57. The van der Waals surface area contributed by atoms with Gasteiger partial charge in [0.25, 0.3) is 0 Å². The van der Waals surface area contributed by atoms with E-state index in [4.69, 9.17) is 14.8 Å². The van der Waals surface area contributed by atoms with Crippen LogP contribution in [0.1, 0.15) is 17.8 Å². The Morgan fingerprint density at radius 1 is 1.29 bits per heavy atom. The molecular formula is C15H20BNO3S. The maximum absolute atomic E-state index is 9.13. The van der Waals surface area contributed by atoms with E-state index >= 15 is 0 Å². The van der Waals surface area contributed by atoms with Gasteiger partial charge in [-0.25, -0.2) is 0 Å². The molecule has 21 heavy (non-hydrogen) atoms. The molecule has 0 aliphatic heterocycles. The molecule has 2 rings (SSSR count). The largest absolute Gasteiger partial charge is 0.492 e. The highest BCUT2D eigenvalue weighted by molar-refractivity contribution is 7.10. The molecule has 0 radical (unpaired) electrons. The van der Waals surface area contributed by atoms with Crippen LogP contribution in [0.3, 0.4) is 0 Å². The fraction of sp³-hybridized carbons (Fsp3) is 0.333. The SMILES string of the molecule is CC(c1cccs1)N(C)CCOc1cccc(B(O)O)c1. The highest BCUT2D eigenvalue weighted by Crippen LogP contribution is 2.22. The summed E-state index contributed by atoms with van der Waals surface area (Å²) in [5, 5.41) is 20.4. The molecule has 0 amide bonds. The summed E-state index contributed by atoms with van der Waals surface area (Å²) >= 11 is 1.76. The van der Waals surface area contributed by atoms with Gasteiger partial charge >= 0.3 is 7.12 Å². The lowest BCUT2D eigenvalue weighted by Gasteiger charge is -2.23. The Morgan fingerprint density at radius 2 is 2.10 bits per heavy atom. The zero-order valence-corrected chi connectivity index (χ0v) is 13.1. The number of hydrogen-bond donors (Lipinski definition) is 2. The number of thiophene rings is 1. The molecule has 2 aromatic rings. The van der Waals surface area contributed by atoms with E-state index in [1.54, 1.807) is 29.5 Å². The molecular weight excluding hydrogens is 285 g/mol. The highest BCUT2D eigenvalue weighted by atomic mass is 32.1. The van der Waals surface area contributed by atoms with Gasteiger partial charge in [-0.3, -0.25) is 4.90 Å². The van der Waals surface area contributed by atoms with E-state index in [9.17, 15) is 0 Å². The van der Waals surface area contributed by atoms with Gasteiger partial charge in [0.15, 0.2) is 0 Å². The van der Waals surface area contributed by atoms with Crippen molar-refractivity contribution in [2.45, 2.75) is 13.0 Å². The van der Waals surface area contributed by atoms with Crippen LogP contribution in [0.4, 0.5) is 0 Å². The number of rotatable bonds is 7. The van der Waals surface area contributed by atoms with Gasteiger partial charge in [0, 0.05) is 17.5 Å². The van der Waals surface area contributed by atoms with Gasteiger partial charge in [0.1, 0.15) is 12.4 Å². The average Bonchev–Trinajstić information content (AvgIpc) is 3.00. The zero-order chi connectivity index (χ0) is 15.2. The van der Waals surface area contributed by atoms with Crippen molar-refractivity contribution in [2.75, 3.05) is 20.2 Å². The third-order valence-corrected chi connectivity index (χ3v) is 4.53. The third kappa shape index (κ3) is 4.57. The summed E-state index contributed by atoms with van der Waals surface area (Å²) < 4.78 is 5.67. The molecule has 0 aliphatic carbocycles. The van der Waals surface area contributed by atoms with Crippen LogP contribution >= 0.6 is 11.3 Å². The van der Waals surface area contributed by atoms with Gasteiger partial charge in [-0.15, -0.1) is 11.3 Å². The second-order valence-electron chi connectivity index (χ2n) is 4.97. The monoisotopic (exact) mass is 305 g/mol. The average molecular weight is 305 g/mol. The fourth-order valence-electron chi connectivity index (χ4n) is 2.01. The van der Waals surface area contributed by atoms with E-state index in [0.29, 0.717) is 23.9 Å². The van der Waals surface area contributed by atoms with Gasteiger partial charge in [0.2, 0.25) is 0 Å². The summed E-state index contributed by atoms with van der Waals surface area (Å²) in [7, 11) is 0.608. The molecule has 0 bridgehead atoms. The smallest absolute Gasteiger partial charge is 0.488 e. The Bertz CT molecular complexity index is 548. The lowest BCUT2D eigenvalue weighted by atomic mass is 9.80. The zero-order valence-electron chi connectivity index (χ0n) is 12.3. The summed E-state index contributed by atoms with van der Waals surface area (Å²) in [6, 6.07) is 11.4. The first-order valence-corrected chi connectivity index (χ1v) is 7.78. The van der Waals surface area contributed by atoms with Crippen molar-refractivity contribution in [3.05, 3.63) is 46.7 Å². The molecule has 0 saturated heterocycles. The predicted octanol–water partition coefficient (Wildman–Crippen LogP) is 1.50. The molecule has 0 spiro atoms. The first kappa shape index (κ1) is 16.0. The summed E-state index contributed by atoms with van der Waals surface area (Å²) in [5.41, 5.74) is 0.438. The quantitative estimate of drug-likeness (QED) is 0.761. The molecule has 1 atom stereocenters. The minimum Gasteiger partial charge on any atom is -0.492 e. The van der Waals surface area contributed by atoms with Gasteiger partial charge in [-0.2, -0.15) is 0 Å². The van der Waals surface area contributed by atoms with Crippen molar-refractivity contribution in [1.82, 2.24) is 4.90 Å². The summed E-state index contributed by atoms with van der Waals surface area (Å²) in [5.74, 6) is 0.651. The molecule has 112 valence electrons. The molecule has 1 unspecified atom stereocenters. The van der Waals surface area contributed by atoms with Crippen LogP contribution in [-0.2, 0) is 0 Å². The Labute approximate surface area is 129 Å². The fourth-order valence-corrected chi connectivity index (χ4v) is 2.86. The molecule has 1 aromatic carbocycles. The van der Waals surface area contributed by atoms with E-state index in [1.807, 2.05) is 6.07 Å². The minimum atomic E-state index is -1.46. The van der Waals surface area contributed by atoms with E-state index < -0.39 is 7.12 Å². The molecule has 0 fully saturated rings. The highest BCUT2D eigenvalue weighted by Gasteiger charge is 2.13. The topological polar surface area (TPSA) is 52.9 Å². The second kappa shape index (κ2) is 7.61. The standard InChI is InChI=1S/C15H20BNO3S/c1-12(15-7-4-10-21-15)17(2)8-9-20-14-6-3-5-13(11-14)16(18)19/h3-7,10-12,18-19H,8-9H2,1-2H3. The Balaban J connectivity index is 1.82. The maximum Gasteiger partial charge on any atom is 0.488 e. The van der Waals surface area contributed by atoms with Gasteiger partial charge in [0.05, 0.1) is 0 Å². The van der Waals surface area contributed by atoms with Gasteiger partial charge in [-0.05, 0) is 43.0 Å². The second-order valence-corrected chi connectivity index (χ2v) is 5.95. The number of ether oxygens (including phenoxy) is 1. The number of nitrogens with zero attached hydrogens (tertiary/aromatic N) is 1. The third-order valence-electron chi connectivity index (χ3n) is 3.49. The predicted molar refractivity (Wildman–Crippen MR) is 87.1 cm³/mol. The first-order chi connectivity index (χ1) is 10.1. The van der Waals surface area contributed by atoms with Gasteiger partial charge in [-0.1, -0.05) is 18.2 Å². The van der Waals surface area contributed by atoms with Crippen LogP contribution in [-0.4, -0.2) is 42.3 Å². The van der Waals surface area contributed by atoms with Crippen LogP contribution in [0.25, 0.3) is 0 Å². The van der Waals surface area contributed by atoms with E-state index in [1.165, 1.54) is 4.88 Å². The van der Waals surface area contributed by atoms with Gasteiger partial charge < -0.3 is 14.8 Å². The van der Waals surface area contributed by atoms with Crippen molar-refractivity contribution >= 4 is 23.9 Å². The molecule has 0 aliphatic rings. The minimum absolute atomic E-state index is 0.360. The molecule has 6 heteroatoms. The molecule has 4 nitrogen and oxygen atoms in total. The number of hydrogen-bond acceptors (Lipinski definition) is 5. The lowest BCUT2D eigenvalue weighted by Crippen LogP contribution is -2.30. The Kier molecular flexibility index (Phi) is 5.81. The normalized spacial score (nSPS) is 12.4. The van der Waals surface area contributed by atoms with Crippen molar-refractivity contribution in [1.29, 1.82) is 0 Å². The lowest BCUT2D eigenvalue weighted by molar-refractivity contribution is 0.203. The van der Waals surface area contributed by atoms with Crippen molar-refractivity contribution in [3.8, 4) is 5.75 Å². The molecule has 0 saturated carbocycles. The van der Waals surface area contributed by atoms with E-state index in [-0.39, 0.29) is 0 Å². The van der Waals surface area contributed by atoms with Crippen LogP contribution in [0.5, 0.6) is 5.75 Å². The number of benzene rings is 1. The van der Waals surface area contributed by atoms with Crippen molar-refractivity contribution < 1.29 is 14.8 Å². The Hall–Kier alpha value is -1.34. The van der Waals surface area contributed by atoms with Crippen LogP contribution < -0.4 is 10.2 Å². The van der Waals surface area contributed by atoms with Crippen LogP contribution in [0.15, 0.2) is 41.8 Å². The Morgan fingerprint density at radius 3 is 2.76 bits per heavy atom. The molecule has 1 aromatic heterocycles. The van der Waals surface area contributed by atoms with E-state index in [2.05, 4.69) is 36.4 Å². The van der Waals surface area contributed by atoms with Crippen LogP contribution in [0.2, 0.25) is 0 Å². The summed E-state index contributed by atoms with van der Waals surface area (Å²) in [6.45, 7) is 3.52. The summed E-state index contributed by atoms with van der Waals surface area (Å²) in [6.07, 6.45) is 0. The molecule has 2 N–H and O–H groups in total. The molecule has 1 heterocycles.